The largest absolute Gasteiger partial charge is 0.477 e. The fourth-order valence-corrected chi connectivity index (χ4v) is 17.2. The fourth-order valence-electron chi connectivity index (χ4n) is 17.2. The second-order valence-corrected chi connectivity index (χ2v) is 34.9. The first kappa shape index (κ1) is 111. The molecule has 0 aromatic carbocycles. The highest BCUT2D eigenvalue weighted by molar-refractivity contribution is 5.77. The van der Waals surface area contributed by atoms with Crippen molar-refractivity contribution in [3.63, 3.8) is 0 Å². The number of aliphatic hydroxyl groups is 19. The molecular weight excluding hydrogens is 1660 g/mol. The quantitative estimate of drug-likeness (QED) is 0.0279. The normalized spacial score (nSPS) is 34.9. The van der Waals surface area contributed by atoms with Crippen LogP contribution in [0.5, 0.6) is 0 Å². The zero-order chi connectivity index (χ0) is 92.4. The van der Waals surface area contributed by atoms with Crippen LogP contribution in [0, 0.1) is 0 Å². The SMILES string of the molecule is CCCCCCCCCCCCC/C=C/[C@@H](O)[C@H](CO[C@@H]1OC(CO)[C@@H](O[C@@H]2OC(CO)[C@H](O)[C@H](O[C@@H]3OC(CO)[C@@H](O)[C@H](O[C@@H]4OC(CO)[C@H](O)[C@H](O[C@@H]5OC(CO)[C@H](O)[C@H](O[C@]6(C(=O)O)CC(O)[C@@H](NC(C)=O)C([C@H](O)[C@H](O)CO)O6)C5O)C4O)C3NC(C)=O)C2O)[C@H](O)C1O)NC(=O)CCCCCCCCCCCCCCCCCCCCCCCCC. The standard InChI is InChI=1S/C87H157N3O36/c1-5-7-9-11-13-15-17-19-20-21-22-23-24-25-26-27-28-30-32-34-36-38-40-42-62(102)90-53(54(99)41-39-37-35-33-31-29-18-16-14-12-10-8-6-2)50-115-82-71(109)70(108)75(61(49-96)120-82)121-83-72(110)78(67(105)58(46-93)117-83)123-81-64(89-52(4)98)76(66(104)57(45-92)116-81)122-84-73(111)79(68(106)59(47-94)118-84)124-85-74(112)80(69(107)60(48-95)119-85)126-87(86(113)114)43-55(100)63(88-51(3)97)77(125-87)65(103)56(101)44-91/h39,41,53-61,63-85,91-96,99-101,103-112H,5-38,40,42-50H2,1-4H3,(H,88,97)(H,89,98)(H,90,102)(H,113,114)/b41-39+/t53-,54+,55?,56+,57?,58?,59?,60?,61?,63+,64?,65+,66+,67-,68-,69-,70+,71?,72?,73?,74?,75+,76+,77?,78-,79-,80-,81-,82+,83-,84-,85-,87-/m0/s1. The van der Waals surface area contributed by atoms with Crippen molar-refractivity contribution >= 4 is 23.7 Å². The van der Waals surface area contributed by atoms with Gasteiger partial charge in [0, 0.05) is 26.7 Å². The number of ether oxygens (including phenoxy) is 12. The summed E-state index contributed by atoms with van der Waals surface area (Å²) in [6.45, 7) is -0.661. The summed E-state index contributed by atoms with van der Waals surface area (Å²) in [4.78, 5) is 52.2. The average molecular weight is 1820 g/mol. The first-order chi connectivity index (χ1) is 60.5. The molecule has 23 N–H and O–H groups in total. The predicted molar refractivity (Wildman–Crippen MR) is 448 cm³/mol. The van der Waals surface area contributed by atoms with Gasteiger partial charge in [0.15, 0.2) is 31.5 Å². The van der Waals surface area contributed by atoms with Gasteiger partial charge in [-0.2, -0.15) is 0 Å². The molecule has 0 aliphatic carbocycles. The van der Waals surface area contributed by atoms with Gasteiger partial charge in [-0.3, -0.25) is 14.4 Å². The molecule has 12 unspecified atom stereocenters. The van der Waals surface area contributed by atoms with Crippen molar-refractivity contribution in [2.24, 2.45) is 0 Å². The van der Waals surface area contributed by atoms with Gasteiger partial charge in [0.05, 0.1) is 70.5 Å². The van der Waals surface area contributed by atoms with Crippen LogP contribution in [0.3, 0.4) is 0 Å². The lowest BCUT2D eigenvalue weighted by Gasteiger charge is -2.51. The maximum atomic E-state index is 13.6. The Morgan fingerprint density at radius 3 is 1.18 bits per heavy atom. The number of hydrogen-bond acceptors (Lipinski definition) is 35. The van der Waals surface area contributed by atoms with Gasteiger partial charge in [-0.1, -0.05) is 231 Å². The second kappa shape index (κ2) is 59.9. The van der Waals surface area contributed by atoms with Crippen molar-refractivity contribution in [3.05, 3.63) is 12.2 Å². The third-order valence-electron chi connectivity index (χ3n) is 24.7. The van der Waals surface area contributed by atoms with Crippen LogP contribution in [0.25, 0.3) is 0 Å². The highest BCUT2D eigenvalue weighted by Gasteiger charge is 2.62. The summed E-state index contributed by atoms with van der Waals surface area (Å²) in [7, 11) is 0. The number of nitrogens with one attached hydrogen (secondary N) is 3. The zero-order valence-corrected chi connectivity index (χ0v) is 74.2. The molecule has 736 valence electrons. The molecule has 0 spiro atoms. The van der Waals surface area contributed by atoms with E-state index in [1.165, 1.54) is 161 Å². The van der Waals surface area contributed by atoms with Crippen LogP contribution < -0.4 is 16.0 Å². The number of aliphatic hydroxyl groups excluding tert-OH is 19. The lowest BCUT2D eigenvalue weighted by Crippen LogP contribution is -2.71. The van der Waals surface area contributed by atoms with E-state index < -0.39 is 272 Å². The van der Waals surface area contributed by atoms with Crippen molar-refractivity contribution in [1.82, 2.24) is 16.0 Å². The van der Waals surface area contributed by atoms with E-state index in [0.29, 0.717) is 12.8 Å². The van der Waals surface area contributed by atoms with Crippen molar-refractivity contribution in [2.75, 3.05) is 46.2 Å². The molecule has 6 saturated heterocycles. The highest BCUT2D eigenvalue weighted by Crippen LogP contribution is 2.41. The maximum Gasteiger partial charge on any atom is 0.364 e. The van der Waals surface area contributed by atoms with E-state index in [4.69, 9.17) is 56.8 Å². The van der Waals surface area contributed by atoms with E-state index >= 15 is 0 Å². The smallest absolute Gasteiger partial charge is 0.364 e. The Bertz CT molecular complexity index is 2980. The maximum absolute atomic E-state index is 13.6. The Labute approximate surface area is 740 Å². The minimum absolute atomic E-state index is 0.158. The molecule has 0 aromatic heterocycles. The minimum atomic E-state index is -3.25. The molecule has 6 heterocycles. The first-order valence-corrected chi connectivity index (χ1v) is 46.6. The lowest BCUT2D eigenvalue weighted by molar-refractivity contribution is -0.394. The van der Waals surface area contributed by atoms with Gasteiger partial charge in [0.2, 0.25) is 17.7 Å². The predicted octanol–water partition coefficient (Wildman–Crippen LogP) is -0.0974. The van der Waals surface area contributed by atoms with Gasteiger partial charge >= 0.3 is 5.97 Å². The minimum Gasteiger partial charge on any atom is -0.477 e. The third kappa shape index (κ3) is 34.7. The molecule has 0 radical (unpaired) electrons. The summed E-state index contributed by atoms with van der Waals surface area (Å²) < 4.78 is 70.8. The van der Waals surface area contributed by atoms with E-state index in [9.17, 15) is 121 Å². The van der Waals surface area contributed by atoms with Crippen LogP contribution in [0.1, 0.15) is 265 Å². The Morgan fingerprint density at radius 1 is 0.413 bits per heavy atom. The second-order valence-electron chi connectivity index (χ2n) is 34.9. The molecule has 126 heavy (non-hydrogen) atoms. The first-order valence-electron chi connectivity index (χ1n) is 46.6. The van der Waals surface area contributed by atoms with E-state index in [-0.39, 0.29) is 12.3 Å². The number of carboxylic acid groups (broad SMARTS) is 1. The number of amides is 3. The molecule has 39 nitrogen and oxygen atoms in total. The molecule has 39 heteroatoms. The van der Waals surface area contributed by atoms with Crippen LogP contribution in [-0.4, -0.2) is 374 Å². The number of hydrogen-bond donors (Lipinski definition) is 23. The van der Waals surface area contributed by atoms with Gasteiger partial charge in [-0.05, 0) is 19.3 Å². The van der Waals surface area contributed by atoms with Crippen LogP contribution in [-0.2, 0) is 76.0 Å². The molecule has 0 saturated carbocycles. The third-order valence-corrected chi connectivity index (χ3v) is 24.7. The Morgan fingerprint density at radius 2 is 0.770 bits per heavy atom. The van der Waals surface area contributed by atoms with Gasteiger partial charge in [-0.25, -0.2) is 4.79 Å². The van der Waals surface area contributed by atoms with E-state index in [1.54, 1.807) is 6.08 Å². The van der Waals surface area contributed by atoms with Crippen LogP contribution in [0.4, 0.5) is 0 Å². The molecule has 6 rings (SSSR count). The zero-order valence-electron chi connectivity index (χ0n) is 74.2. The van der Waals surface area contributed by atoms with E-state index in [2.05, 4.69) is 29.8 Å². The average Bonchev–Trinajstić information content (AvgIpc) is 0.749. The number of carbonyl (C=O) groups excluding carboxylic acids is 3. The summed E-state index contributed by atoms with van der Waals surface area (Å²) in [5, 5.41) is 232. The molecule has 6 aliphatic rings. The summed E-state index contributed by atoms with van der Waals surface area (Å²) in [6.07, 6.45) is -15.9. The molecule has 6 aliphatic heterocycles. The monoisotopic (exact) mass is 1820 g/mol. The topological polar surface area (TPSA) is 620 Å². The van der Waals surface area contributed by atoms with Gasteiger partial charge in [-0.15, -0.1) is 0 Å². The number of aliphatic carboxylic acids is 1. The number of carbonyl (C=O) groups is 4. The van der Waals surface area contributed by atoms with Crippen molar-refractivity contribution in [2.45, 2.75) is 467 Å². The summed E-state index contributed by atoms with van der Waals surface area (Å²) in [6, 6.07) is -4.71. The molecule has 0 aromatic rings. The van der Waals surface area contributed by atoms with Crippen molar-refractivity contribution < 1.29 is 178 Å². The summed E-state index contributed by atoms with van der Waals surface area (Å²) >= 11 is 0. The molecule has 3 amide bonds. The van der Waals surface area contributed by atoms with Gasteiger partial charge in [0.1, 0.15) is 140 Å². The van der Waals surface area contributed by atoms with Crippen LogP contribution in [0.2, 0.25) is 0 Å². The van der Waals surface area contributed by atoms with Crippen molar-refractivity contribution in [1.29, 1.82) is 0 Å². The van der Waals surface area contributed by atoms with Crippen molar-refractivity contribution in [3.8, 4) is 0 Å². The van der Waals surface area contributed by atoms with Crippen LogP contribution >= 0.6 is 0 Å². The molecule has 6 fully saturated rings. The fraction of sp³-hybridized carbons (Fsp3) is 0.931. The summed E-state index contributed by atoms with van der Waals surface area (Å²) in [5.41, 5.74) is 0. The number of allylic oxidation sites excluding steroid dienone is 1. The molecular formula is C87H157N3O36. The lowest BCUT2D eigenvalue weighted by atomic mass is 9.88. The van der Waals surface area contributed by atoms with Crippen LogP contribution in [0.15, 0.2) is 12.2 Å². The number of rotatable bonds is 63. The van der Waals surface area contributed by atoms with Gasteiger partial charge in [0.25, 0.3) is 5.79 Å². The summed E-state index contributed by atoms with van der Waals surface area (Å²) in [5.74, 6) is -7.48. The number of carboxylic acids is 1. The molecule has 33 atom stereocenters. The Hall–Kier alpha value is -3.62. The molecule has 0 bridgehead atoms. The van der Waals surface area contributed by atoms with E-state index in [0.717, 1.165) is 65.2 Å². The number of unbranched alkanes of at least 4 members (excludes halogenated alkanes) is 33. The Balaban J connectivity index is 1.09. The van der Waals surface area contributed by atoms with E-state index in [1.807, 2.05) is 6.08 Å². The Kier molecular flexibility index (Phi) is 52.8. The van der Waals surface area contributed by atoms with Gasteiger partial charge < -0.3 is 175 Å². The highest BCUT2D eigenvalue weighted by atomic mass is 16.8.